The minimum Gasteiger partial charge on any atom is -0.326 e. The first-order chi connectivity index (χ1) is 13.0. The molecule has 3 heterocycles. The largest absolute Gasteiger partial charge is 0.435 e. The molecule has 0 radical (unpaired) electrons. The number of rotatable bonds is 2. The average molecular weight is 400 g/mol. The molecule has 4 rings (SSSR count). The SMILES string of the molecule is CN1CCc2c(C(F)(F)F)nn(-c3ccc(C(=O)N4CC(F)(F)C4)cc3)c2C1. The zero-order valence-corrected chi connectivity index (χ0v) is 14.9. The first-order valence-corrected chi connectivity index (χ1v) is 8.69. The number of hydrogen-bond donors (Lipinski definition) is 0. The fraction of sp³-hybridized carbons (Fsp3) is 0.444. The van der Waals surface area contributed by atoms with E-state index < -0.39 is 36.8 Å². The maximum Gasteiger partial charge on any atom is 0.435 e. The summed E-state index contributed by atoms with van der Waals surface area (Å²) >= 11 is 0. The van der Waals surface area contributed by atoms with Gasteiger partial charge < -0.3 is 9.80 Å². The van der Waals surface area contributed by atoms with E-state index in [2.05, 4.69) is 5.10 Å². The van der Waals surface area contributed by atoms with Gasteiger partial charge in [0.2, 0.25) is 0 Å². The Morgan fingerprint density at radius 2 is 1.79 bits per heavy atom. The molecule has 10 heteroatoms. The van der Waals surface area contributed by atoms with Crippen LogP contribution < -0.4 is 0 Å². The summed E-state index contributed by atoms with van der Waals surface area (Å²) in [6, 6.07) is 5.80. The van der Waals surface area contributed by atoms with Gasteiger partial charge in [-0.15, -0.1) is 0 Å². The van der Waals surface area contributed by atoms with Crippen molar-refractivity contribution in [2.24, 2.45) is 0 Å². The number of hydrogen-bond acceptors (Lipinski definition) is 3. The second kappa shape index (κ2) is 6.26. The molecule has 0 bridgehead atoms. The maximum absolute atomic E-state index is 13.4. The Balaban J connectivity index is 1.65. The lowest BCUT2D eigenvalue weighted by atomic mass is 10.0. The highest BCUT2D eigenvalue weighted by Gasteiger charge is 2.46. The number of likely N-dealkylation sites (N-methyl/N-ethyl adjacent to an activating group) is 1. The molecule has 150 valence electrons. The van der Waals surface area contributed by atoms with Gasteiger partial charge in [0.1, 0.15) is 0 Å². The standard InChI is InChI=1S/C18H17F5N4O/c1-25-7-6-13-14(8-25)27(24-15(13)18(21,22)23)12-4-2-11(3-5-12)16(28)26-9-17(19,20)10-26/h2-5H,6-10H2,1H3. The number of carbonyl (C=O) groups is 1. The number of amides is 1. The van der Waals surface area contributed by atoms with Gasteiger partial charge in [0.25, 0.3) is 11.8 Å². The van der Waals surface area contributed by atoms with Crippen molar-refractivity contribution in [3.63, 3.8) is 0 Å². The lowest BCUT2D eigenvalue weighted by Crippen LogP contribution is -2.58. The Hall–Kier alpha value is -2.49. The van der Waals surface area contributed by atoms with Crippen molar-refractivity contribution in [3.05, 3.63) is 46.8 Å². The van der Waals surface area contributed by atoms with E-state index in [4.69, 9.17) is 0 Å². The molecule has 1 fully saturated rings. The Morgan fingerprint density at radius 1 is 1.14 bits per heavy atom. The summed E-state index contributed by atoms with van der Waals surface area (Å²) in [4.78, 5) is 15.1. The van der Waals surface area contributed by atoms with Gasteiger partial charge in [0, 0.05) is 24.2 Å². The number of halogens is 5. The lowest BCUT2D eigenvalue weighted by Gasteiger charge is -2.38. The van der Waals surface area contributed by atoms with Crippen molar-refractivity contribution in [2.45, 2.75) is 25.1 Å². The molecule has 0 saturated carbocycles. The molecule has 0 spiro atoms. The van der Waals surface area contributed by atoms with E-state index in [1.807, 2.05) is 11.9 Å². The predicted molar refractivity (Wildman–Crippen MR) is 89.5 cm³/mol. The number of benzene rings is 1. The van der Waals surface area contributed by atoms with Gasteiger partial charge in [-0.25, -0.2) is 13.5 Å². The fourth-order valence-electron chi connectivity index (χ4n) is 3.57. The Morgan fingerprint density at radius 3 is 2.36 bits per heavy atom. The zero-order valence-electron chi connectivity index (χ0n) is 14.9. The Bertz CT molecular complexity index is 911. The van der Waals surface area contributed by atoms with Crippen LogP contribution in [0.4, 0.5) is 22.0 Å². The summed E-state index contributed by atoms with van der Waals surface area (Å²) in [5.74, 6) is -3.39. The molecule has 1 amide bonds. The van der Waals surface area contributed by atoms with Crippen molar-refractivity contribution in [1.82, 2.24) is 19.6 Å². The van der Waals surface area contributed by atoms with Gasteiger partial charge in [-0.3, -0.25) is 4.79 Å². The van der Waals surface area contributed by atoms with Crippen molar-refractivity contribution in [1.29, 1.82) is 0 Å². The molecular weight excluding hydrogens is 383 g/mol. The minimum absolute atomic E-state index is 0.188. The van der Waals surface area contributed by atoms with Gasteiger partial charge in [0.15, 0.2) is 5.69 Å². The summed E-state index contributed by atoms with van der Waals surface area (Å²) in [6.45, 7) is -0.416. The quantitative estimate of drug-likeness (QED) is 0.728. The smallest absolute Gasteiger partial charge is 0.326 e. The van der Waals surface area contributed by atoms with E-state index in [-0.39, 0.29) is 17.5 Å². The Labute approximate surface area is 157 Å². The summed E-state index contributed by atoms with van der Waals surface area (Å²) < 4.78 is 67.2. The highest BCUT2D eigenvalue weighted by atomic mass is 19.4. The molecule has 1 aromatic carbocycles. The fourth-order valence-corrected chi connectivity index (χ4v) is 3.57. The van der Waals surface area contributed by atoms with Crippen LogP contribution in [0.5, 0.6) is 0 Å². The van der Waals surface area contributed by atoms with E-state index in [1.54, 1.807) is 0 Å². The third-order valence-electron chi connectivity index (χ3n) is 5.01. The van der Waals surface area contributed by atoms with Crippen molar-refractivity contribution >= 4 is 5.91 Å². The van der Waals surface area contributed by atoms with Gasteiger partial charge in [-0.05, 0) is 37.7 Å². The summed E-state index contributed by atoms with van der Waals surface area (Å²) in [5.41, 5.74) is 0.343. The van der Waals surface area contributed by atoms with Crippen molar-refractivity contribution < 1.29 is 26.7 Å². The van der Waals surface area contributed by atoms with Gasteiger partial charge >= 0.3 is 6.18 Å². The van der Waals surface area contributed by atoms with Crippen LogP contribution in [0.1, 0.15) is 27.3 Å². The van der Waals surface area contributed by atoms with E-state index in [9.17, 15) is 26.7 Å². The van der Waals surface area contributed by atoms with E-state index >= 15 is 0 Å². The van der Waals surface area contributed by atoms with E-state index in [0.717, 1.165) is 4.90 Å². The van der Waals surface area contributed by atoms with Crippen LogP contribution in [0, 0.1) is 0 Å². The number of alkyl halides is 5. The maximum atomic E-state index is 13.4. The highest BCUT2D eigenvalue weighted by Crippen LogP contribution is 2.36. The van der Waals surface area contributed by atoms with E-state index in [1.165, 1.54) is 28.9 Å². The molecule has 2 aliphatic rings. The molecule has 2 aromatic rings. The van der Waals surface area contributed by atoms with Crippen LogP contribution in [0.3, 0.4) is 0 Å². The molecule has 28 heavy (non-hydrogen) atoms. The number of nitrogens with zero attached hydrogens (tertiary/aromatic N) is 4. The van der Waals surface area contributed by atoms with Crippen LogP contribution >= 0.6 is 0 Å². The molecule has 5 nitrogen and oxygen atoms in total. The molecular formula is C18H17F5N4O. The zero-order chi connectivity index (χ0) is 20.3. The average Bonchev–Trinajstić information content (AvgIpc) is 2.98. The molecule has 0 N–H and O–H groups in total. The minimum atomic E-state index is -4.55. The van der Waals surface area contributed by atoms with Crippen LogP contribution in [-0.2, 0) is 19.1 Å². The number of fused-ring (bicyclic) bond motifs is 1. The van der Waals surface area contributed by atoms with Crippen LogP contribution in [0.15, 0.2) is 24.3 Å². The van der Waals surface area contributed by atoms with Gasteiger partial charge in [0.05, 0.1) is 24.5 Å². The summed E-state index contributed by atoms with van der Waals surface area (Å²) in [5, 5.41) is 3.79. The topological polar surface area (TPSA) is 41.4 Å². The summed E-state index contributed by atoms with van der Waals surface area (Å²) in [6.07, 6.45) is -4.30. The third-order valence-corrected chi connectivity index (χ3v) is 5.01. The van der Waals surface area contributed by atoms with Crippen LogP contribution in [0.25, 0.3) is 5.69 Å². The molecule has 1 aromatic heterocycles. The molecule has 1 saturated heterocycles. The Kier molecular flexibility index (Phi) is 4.22. The third kappa shape index (κ3) is 3.25. The number of carbonyl (C=O) groups excluding carboxylic acids is 1. The first-order valence-electron chi connectivity index (χ1n) is 8.69. The molecule has 0 unspecified atom stereocenters. The number of aromatic nitrogens is 2. The van der Waals surface area contributed by atoms with Gasteiger partial charge in [-0.2, -0.15) is 18.3 Å². The first kappa shape index (κ1) is 18.9. The second-order valence-electron chi connectivity index (χ2n) is 7.24. The second-order valence-corrected chi connectivity index (χ2v) is 7.24. The van der Waals surface area contributed by atoms with Gasteiger partial charge in [-0.1, -0.05) is 0 Å². The summed E-state index contributed by atoms with van der Waals surface area (Å²) in [7, 11) is 1.82. The molecule has 2 aliphatic heterocycles. The molecule has 0 atom stereocenters. The lowest BCUT2D eigenvalue weighted by molar-refractivity contribution is -0.142. The highest BCUT2D eigenvalue weighted by molar-refractivity contribution is 5.95. The predicted octanol–water partition coefficient (Wildman–Crippen LogP) is 2.97. The van der Waals surface area contributed by atoms with E-state index in [0.29, 0.717) is 24.5 Å². The molecule has 0 aliphatic carbocycles. The monoisotopic (exact) mass is 400 g/mol. The van der Waals surface area contributed by atoms with Crippen LogP contribution in [0.2, 0.25) is 0 Å². The normalized spacial score (nSPS) is 19.3. The van der Waals surface area contributed by atoms with Crippen molar-refractivity contribution in [2.75, 3.05) is 26.7 Å². The van der Waals surface area contributed by atoms with Crippen LogP contribution in [-0.4, -0.2) is 58.1 Å². The number of likely N-dealkylation sites (tertiary alicyclic amines) is 1. The van der Waals surface area contributed by atoms with Crippen molar-refractivity contribution in [3.8, 4) is 5.69 Å².